The molecule has 6 nitrogen and oxygen atoms in total. The van der Waals surface area contributed by atoms with Gasteiger partial charge in [-0.3, -0.25) is 14.5 Å². The minimum Gasteiger partial charge on any atom is -0.373 e. The summed E-state index contributed by atoms with van der Waals surface area (Å²) in [6.45, 7) is 7.73. The van der Waals surface area contributed by atoms with Crippen LogP contribution in [0.3, 0.4) is 0 Å². The van der Waals surface area contributed by atoms with Crippen molar-refractivity contribution in [2.75, 3.05) is 52.4 Å². The first-order valence-corrected chi connectivity index (χ1v) is 11.1. The molecule has 0 N–H and O–H groups in total. The smallest absolute Gasteiger partial charge is 0.254 e. The molecule has 0 aliphatic carbocycles. The standard InChI is InChI=1S/C25H31N3O3/c1-20-7-5-6-10-23(20)25(30)28-15-16-31-22(19-28)18-26-11-13-27(14-12-26)24(29)17-21-8-3-2-4-9-21/h2-10,22H,11-19H2,1H3. The molecule has 164 valence electrons. The summed E-state index contributed by atoms with van der Waals surface area (Å²) in [6.07, 6.45) is 0.469. The molecule has 2 fully saturated rings. The van der Waals surface area contributed by atoms with E-state index in [-0.39, 0.29) is 17.9 Å². The third kappa shape index (κ3) is 5.51. The Balaban J connectivity index is 1.25. The number of carbonyl (C=O) groups is 2. The minimum absolute atomic E-state index is 0.00767. The van der Waals surface area contributed by atoms with Gasteiger partial charge >= 0.3 is 0 Å². The summed E-state index contributed by atoms with van der Waals surface area (Å²) in [6, 6.07) is 17.6. The number of nitrogens with zero attached hydrogens (tertiary/aromatic N) is 3. The second-order valence-corrected chi connectivity index (χ2v) is 8.40. The number of carbonyl (C=O) groups excluding carboxylic acids is 2. The predicted octanol–water partition coefficient (Wildman–Crippen LogP) is 2.22. The summed E-state index contributed by atoms with van der Waals surface area (Å²) < 4.78 is 5.96. The summed E-state index contributed by atoms with van der Waals surface area (Å²) >= 11 is 0. The van der Waals surface area contributed by atoms with Crippen molar-refractivity contribution in [3.8, 4) is 0 Å². The van der Waals surface area contributed by atoms with Crippen LogP contribution in [0.1, 0.15) is 21.5 Å². The number of ether oxygens (including phenoxy) is 1. The van der Waals surface area contributed by atoms with Gasteiger partial charge < -0.3 is 14.5 Å². The molecule has 2 aromatic carbocycles. The number of amides is 2. The van der Waals surface area contributed by atoms with Gasteiger partial charge in [0.05, 0.1) is 19.1 Å². The van der Waals surface area contributed by atoms with Crippen molar-refractivity contribution in [1.29, 1.82) is 0 Å². The molecule has 6 heteroatoms. The number of rotatable bonds is 5. The Morgan fingerprint density at radius 2 is 1.61 bits per heavy atom. The maximum atomic E-state index is 12.9. The average molecular weight is 422 g/mol. The van der Waals surface area contributed by atoms with Gasteiger partial charge in [0.1, 0.15) is 0 Å². The van der Waals surface area contributed by atoms with Crippen molar-refractivity contribution in [3.05, 3.63) is 71.3 Å². The highest BCUT2D eigenvalue weighted by molar-refractivity contribution is 5.95. The molecule has 0 radical (unpaired) electrons. The van der Waals surface area contributed by atoms with Crippen LogP contribution >= 0.6 is 0 Å². The van der Waals surface area contributed by atoms with E-state index in [0.29, 0.717) is 26.1 Å². The van der Waals surface area contributed by atoms with Crippen molar-refractivity contribution in [1.82, 2.24) is 14.7 Å². The first-order chi connectivity index (χ1) is 15.1. The molecule has 0 bridgehead atoms. The third-order valence-corrected chi connectivity index (χ3v) is 6.19. The van der Waals surface area contributed by atoms with E-state index >= 15 is 0 Å². The van der Waals surface area contributed by atoms with E-state index < -0.39 is 0 Å². The highest BCUT2D eigenvalue weighted by Crippen LogP contribution is 2.15. The predicted molar refractivity (Wildman–Crippen MR) is 120 cm³/mol. The average Bonchev–Trinajstić information content (AvgIpc) is 2.80. The highest BCUT2D eigenvalue weighted by Gasteiger charge is 2.29. The number of hydrogen-bond donors (Lipinski definition) is 0. The van der Waals surface area contributed by atoms with Gasteiger partial charge in [-0.05, 0) is 24.1 Å². The van der Waals surface area contributed by atoms with E-state index in [1.54, 1.807) is 0 Å². The van der Waals surface area contributed by atoms with Crippen LogP contribution in [0.5, 0.6) is 0 Å². The Hall–Kier alpha value is -2.70. The lowest BCUT2D eigenvalue weighted by Gasteiger charge is -2.39. The van der Waals surface area contributed by atoms with E-state index in [9.17, 15) is 9.59 Å². The molecule has 1 unspecified atom stereocenters. The van der Waals surface area contributed by atoms with Crippen LogP contribution in [0.4, 0.5) is 0 Å². The lowest BCUT2D eigenvalue weighted by atomic mass is 10.1. The Morgan fingerprint density at radius 3 is 2.35 bits per heavy atom. The molecule has 0 aromatic heterocycles. The van der Waals surface area contributed by atoms with Crippen LogP contribution in [0, 0.1) is 6.92 Å². The molecule has 4 rings (SSSR count). The van der Waals surface area contributed by atoms with Gasteiger partial charge in [-0.1, -0.05) is 48.5 Å². The molecule has 0 spiro atoms. The van der Waals surface area contributed by atoms with Crippen LogP contribution in [0.15, 0.2) is 54.6 Å². The van der Waals surface area contributed by atoms with Gasteiger partial charge in [0.25, 0.3) is 5.91 Å². The zero-order valence-corrected chi connectivity index (χ0v) is 18.2. The van der Waals surface area contributed by atoms with Gasteiger partial charge in [0.15, 0.2) is 0 Å². The number of aryl methyl sites for hydroxylation is 1. The first-order valence-electron chi connectivity index (χ1n) is 11.1. The topological polar surface area (TPSA) is 53.1 Å². The van der Waals surface area contributed by atoms with E-state index in [0.717, 1.165) is 49.4 Å². The summed E-state index contributed by atoms with van der Waals surface area (Å²) in [5, 5.41) is 0. The summed E-state index contributed by atoms with van der Waals surface area (Å²) in [7, 11) is 0. The fourth-order valence-corrected chi connectivity index (χ4v) is 4.35. The van der Waals surface area contributed by atoms with Crippen LogP contribution in [-0.4, -0.2) is 85.0 Å². The number of benzene rings is 2. The summed E-state index contributed by atoms with van der Waals surface area (Å²) in [5.41, 5.74) is 2.84. The van der Waals surface area contributed by atoms with E-state index in [1.165, 1.54) is 0 Å². The minimum atomic E-state index is 0.00767. The molecule has 0 saturated carbocycles. The quantitative estimate of drug-likeness (QED) is 0.743. The van der Waals surface area contributed by atoms with E-state index in [1.807, 2.05) is 71.3 Å². The van der Waals surface area contributed by atoms with Crippen LogP contribution in [-0.2, 0) is 16.0 Å². The Labute approximate surface area is 184 Å². The Bertz CT molecular complexity index is 894. The lowest BCUT2D eigenvalue weighted by molar-refractivity contribution is -0.132. The maximum Gasteiger partial charge on any atom is 0.254 e. The Morgan fingerprint density at radius 1 is 0.903 bits per heavy atom. The summed E-state index contributed by atoms with van der Waals surface area (Å²) in [4.78, 5) is 31.7. The van der Waals surface area contributed by atoms with Crippen molar-refractivity contribution in [3.63, 3.8) is 0 Å². The number of morpholine rings is 1. The fourth-order valence-electron chi connectivity index (χ4n) is 4.35. The number of piperazine rings is 1. The van der Waals surface area contributed by atoms with Gasteiger partial charge in [-0.2, -0.15) is 0 Å². The molecule has 31 heavy (non-hydrogen) atoms. The molecule has 2 heterocycles. The van der Waals surface area contributed by atoms with Crippen molar-refractivity contribution in [2.24, 2.45) is 0 Å². The van der Waals surface area contributed by atoms with Crippen LogP contribution in [0.25, 0.3) is 0 Å². The van der Waals surface area contributed by atoms with Crippen molar-refractivity contribution >= 4 is 11.8 Å². The highest BCUT2D eigenvalue weighted by atomic mass is 16.5. The van der Waals surface area contributed by atoms with Crippen molar-refractivity contribution < 1.29 is 14.3 Å². The molecular formula is C25H31N3O3. The van der Waals surface area contributed by atoms with Gasteiger partial charge in [0, 0.05) is 51.4 Å². The van der Waals surface area contributed by atoms with Crippen LogP contribution < -0.4 is 0 Å². The molecule has 2 aliphatic heterocycles. The molecule has 2 aliphatic rings. The Kier molecular flexibility index (Phi) is 6.99. The second kappa shape index (κ2) is 10.1. The molecular weight excluding hydrogens is 390 g/mol. The van der Waals surface area contributed by atoms with E-state index in [2.05, 4.69) is 4.90 Å². The fraction of sp³-hybridized carbons (Fsp3) is 0.440. The normalized spacial score (nSPS) is 20.0. The molecule has 2 saturated heterocycles. The SMILES string of the molecule is Cc1ccccc1C(=O)N1CCOC(CN2CCN(C(=O)Cc3ccccc3)CC2)C1. The zero-order valence-electron chi connectivity index (χ0n) is 18.2. The van der Waals surface area contributed by atoms with Crippen molar-refractivity contribution in [2.45, 2.75) is 19.4 Å². The maximum absolute atomic E-state index is 12.9. The molecule has 1 atom stereocenters. The largest absolute Gasteiger partial charge is 0.373 e. The van der Waals surface area contributed by atoms with Gasteiger partial charge in [-0.15, -0.1) is 0 Å². The second-order valence-electron chi connectivity index (χ2n) is 8.40. The zero-order chi connectivity index (χ0) is 21.6. The van der Waals surface area contributed by atoms with Crippen LogP contribution in [0.2, 0.25) is 0 Å². The van der Waals surface area contributed by atoms with E-state index in [4.69, 9.17) is 4.74 Å². The molecule has 2 amide bonds. The number of hydrogen-bond acceptors (Lipinski definition) is 4. The summed E-state index contributed by atoms with van der Waals surface area (Å²) in [5.74, 6) is 0.275. The molecule has 2 aromatic rings. The lowest BCUT2D eigenvalue weighted by Crippen LogP contribution is -2.54. The third-order valence-electron chi connectivity index (χ3n) is 6.19. The monoisotopic (exact) mass is 421 g/mol. The first kappa shape index (κ1) is 21.5. The van der Waals surface area contributed by atoms with Gasteiger partial charge in [0.2, 0.25) is 5.91 Å². The van der Waals surface area contributed by atoms with Gasteiger partial charge in [-0.25, -0.2) is 0 Å².